The van der Waals surface area contributed by atoms with Crippen LogP contribution in [0.4, 0.5) is 0 Å². The molecule has 1 atom stereocenters. The maximum absolute atomic E-state index is 12.6. The fraction of sp³-hybridized carbons (Fsp3) is 0.452. The third-order valence-corrected chi connectivity index (χ3v) is 6.20. The molecular weight excluding hydrogens is 446 g/mol. The number of carbonyl (C=O) groups is 2. The van der Waals surface area contributed by atoms with E-state index in [4.69, 9.17) is 5.73 Å². The second-order valence-corrected chi connectivity index (χ2v) is 9.16. The Labute approximate surface area is 217 Å². The fourth-order valence-corrected chi connectivity index (χ4v) is 4.22. The number of allylic oxidation sites excluding steroid dienone is 10. The van der Waals surface area contributed by atoms with Gasteiger partial charge in [-0.2, -0.15) is 0 Å². The Hall–Kier alpha value is -3.21. The zero-order valence-electron chi connectivity index (χ0n) is 21.9. The first-order chi connectivity index (χ1) is 17.6. The van der Waals surface area contributed by atoms with E-state index in [-0.39, 0.29) is 5.91 Å². The van der Waals surface area contributed by atoms with Gasteiger partial charge in [0.25, 0.3) is 5.91 Å². The first kappa shape index (κ1) is 29.0. The van der Waals surface area contributed by atoms with E-state index in [1.165, 1.54) is 0 Å². The third kappa shape index (κ3) is 12.0. The average Bonchev–Trinajstić information content (AvgIpc) is 3.34. The molecule has 0 spiro atoms. The van der Waals surface area contributed by atoms with Crippen LogP contribution in [0, 0.1) is 5.92 Å². The molecule has 194 valence electrons. The van der Waals surface area contributed by atoms with Gasteiger partial charge >= 0.3 is 0 Å². The molecule has 0 saturated carbocycles. The topological polar surface area (TPSA) is 76.3 Å². The van der Waals surface area contributed by atoms with Gasteiger partial charge in [0.1, 0.15) is 0 Å². The molecule has 2 amide bonds. The highest BCUT2D eigenvalue weighted by Gasteiger charge is 2.27. The van der Waals surface area contributed by atoms with E-state index in [0.29, 0.717) is 24.3 Å². The van der Waals surface area contributed by atoms with Gasteiger partial charge in [-0.15, -0.1) is 0 Å². The van der Waals surface area contributed by atoms with Gasteiger partial charge in [-0.3, -0.25) is 14.6 Å². The number of nitrogens with two attached hydrogens (primary N) is 1. The van der Waals surface area contributed by atoms with Crippen molar-refractivity contribution in [1.82, 2.24) is 9.88 Å². The highest BCUT2D eigenvalue weighted by atomic mass is 16.2. The Kier molecular flexibility index (Phi) is 14.6. The van der Waals surface area contributed by atoms with Gasteiger partial charge in [-0.25, -0.2) is 0 Å². The van der Waals surface area contributed by atoms with Crippen LogP contribution in [-0.4, -0.2) is 34.8 Å². The summed E-state index contributed by atoms with van der Waals surface area (Å²) in [5, 5.41) is 0. The molecule has 1 aromatic heterocycles. The minimum absolute atomic E-state index is 0.223. The Morgan fingerprint density at radius 2 is 1.58 bits per heavy atom. The van der Waals surface area contributed by atoms with E-state index < -0.39 is 5.91 Å². The molecule has 5 heteroatoms. The lowest BCUT2D eigenvalue weighted by molar-refractivity contribution is -0.130. The molecule has 2 N–H and O–H groups in total. The van der Waals surface area contributed by atoms with Crippen LogP contribution in [0.2, 0.25) is 0 Å². The maximum Gasteiger partial charge on any atom is 0.250 e. The standard InChI is InChI=1S/C31H43N3O2/c1-2-3-4-5-6-7-8-9-10-11-12-13-14-15-16-17-18-21-30(35)34-24-22-27(26-34)25-29-28(31(32)36)20-19-23-33-29/h3-4,6-7,9-10,12-13,15-16,19-20,23,27H,2,5,8,11,14,17-18,21-22,24-26H2,1H3,(H2,32,36)/b4-3-,7-6-,10-9-,13-12-,16-15-/t27-/m0/s1. The van der Waals surface area contributed by atoms with E-state index in [9.17, 15) is 9.59 Å². The minimum atomic E-state index is -0.445. The van der Waals surface area contributed by atoms with Crippen LogP contribution in [-0.2, 0) is 11.2 Å². The Balaban J connectivity index is 1.53. The van der Waals surface area contributed by atoms with Crippen LogP contribution in [0.3, 0.4) is 0 Å². The summed E-state index contributed by atoms with van der Waals surface area (Å²) in [6.07, 6.45) is 32.6. The molecule has 1 aromatic rings. The van der Waals surface area contributed by atoms with Crippen molar-refractivity contribution in [3.05, 3.63) is 90.3 Å². The number of hydrogen-bond acceptors (Lipinski definition) is 3. The third-order valence-electron chi connectivity index (χ3n) is 6.20. The molecule has 0 unspecified atom stereocenters. The van der Waals surface area contributed by atoms with Gasteiger partial charge < -0.3 is 10.6 Å². The highest BCUT2D eigenvalue weighted by Crippen LogP contribution is 2.22. The van der Waals surface area contributed by atoms with Crippen LogP contribution < -0.4 is 5.73 Å². The first-order valence-corrected chi connectivity index (χ1v) is 13.4. The van der Waals surface area contributed by atoms with Gasteiger partial charge in [-0.05, 0) is 75.8 Å². The van der Waals surface area contributed by atoms with Crippen molar-refractivity contribution in [2.45, 2.75) is 71.1 Å². The monoisotopic (exact) mass is 489 g/mol. The molecular formula is C31H43N3O2. The molecule has 36 heavy (non-hydrogen) atoms. The van der Waals surface area contributed by atoms with Crippen molar-refractivity contribution in [3.63, 3.8) is 0 Å². The predicted octanol–water partition coefficient (Wildman–Crippen LogP) is 6.49. The number of hydrogen-bond donors (Lipinski definition) is 1. The van der Waals surface area contributed by atoms with Gasteiger partial charge in [-0.1, -0.05) is 67.7 Å². The van der Waals surface area contributed by atoms with E-state index in [1.807, 2.05) is 4.90 Å². The molecule has 2 heterocycles. The van der Waals surface area contributed by atoms with Crippen molar-refractivity contribution in [2.75, 3.05) is 13.1 Å². The number of primary amides is 1. The number of likely N-dealkylation sites (tertiary alicyclic amines) is 1. The molecule has 1 aliphatic rings. The predicted molar refractivity (Wildman–Crippen MR) is 149 cm³/mol. The molecule has 0 radical (unpaired) electrons. The maximum atomic E-state index is 12.6. The number of amides is 2. The number of carbonyl (C=O) groups excluding carboxylic acids is 2. The van der Waals surface area contributed by atoms with E-state index >= 15 is 0 Å². The summed E-state index contributed by atoms with van der Waals surface area (Å²) in [6, 6.07) is 3.45. The quantitative estimate of drug-likeness (QED) is 0.213. The molecule has 0 bridgehead atoms. The molecule has 0 aromatic carbocycles. The number of rotatable bonds is 16. The molecule has 1 fully saturated rings. The van der Waals surface area contributed by atoms with Crippen molar-refractivity contribution >= 4 is 11.8 Å². The zero-order valence-corrected chi connectivity index (χ0v) is 21.9. The second kappa shape index (κ2) is 18.1. The van der Waals surface area contributed by atoms with E-state index in [1.54, 1.807) is 18.3 Å². The summed E-state index contributed by atoms with van der Waals surface area (Å²) < 4.78 is 0. The molecule has 1 aliphatic heterocycles. The summed E-state index contributed by atoms with van der Waals surface area (Å²) in [7, 11) is 0. The summed E-state index contributed by atoms with van der Waals surface area (Å²) in [4.78, 5) is 30.5. The van der Waals surface area contributed by atoms with Gasteiger partial charge in [0.2, 0.25) is 5.91 Å². The Morgan fingerprint density at radius 1 is 0.972 bits per heavy atom. The lowest BCUT2D eigenvalue weighted by Gasteiger charge is -2.16. The van der Waals surface area contributed by atoms with Gasteiger partial charge in [0, 0.05) is 25.7 Å². The van der Waals surface area contributed by atoms with Crippen molar-refractivity contribution in [3.8, 4) is 0 Å². The number of nitrogens with zero attached hydrogens (tertiary/aromatic N) is 2. The largest absolute Gasteiger partial charge is 0.366 e. The van der Waals surface area contributed by atoms with Crippen LogP contribution in [0.1, 0.15) is 80.8 Å². The van der Waals surface area contributed by atoms with Crippen molar-refractivity contribution in [1.29, 1.82) is 0 Å². The average molecular weight is 490 g/mol. The summed E-state index contributed by atoms with van der Waals surface area (Å²) in [5.41, 5.74) is 6.68. The van der Waals surface area contributed by atoms with Crippen LogP contribution in [0.25, 0.3) is 0 Å². The van der Waals surface area contributed by atoms with Crippen LogP contribution in [0.5, 0.6) is 0 Å². The fourth-order valence-electron chi connectivity index (χ4n) is 4.22. The number of unbranched alkanes of at least 4 members (excludes halogenated alkanes) is 1. The Bertz CT molecular complexity index is 943. The molecule has 5 nitrogen and oxygen atoms in total. The van der Waals surface area contributed by atoms with Gasteiger partial charge in [0.05, 0.1) is 11.3 Å². The number of pyridine rings is 1. The molecule has 2 rings (SSSR count). The molecule has 0 aliphatic carbocycles. The lowest BCUT2D eigenvalue weighted by atomic mass is 9.99. The van der Waals surface area contributed by atoms with Crippen LogP contribution in [0.15, 0.2) is 79.1 Å². The Morgan fingerprint density at radius 3 is 2.19 bits per heavy atom. The summed E-state index contributed by atoms with van der Waals surface area (Å²) in [6.45, 7) is 3.66. The van der Waals surface area contributed by atoms with Crippen LogP contribution >= 0.6 is 0 Å². The highest BCUT2D eigenvalue weighted by molar-refractivity contribution is 5.93. The van der Waals surface area contributed by atoms with Crippen molar-refractivity contribution < 1.29 is 9.59 Å². The minimum Gasteiger partial charge on any atom is -0.366 e. The normalized spacial score (nSPS) is 16.6. The SMILES string of the molecule is CC/C=C\C/C=C\C/C=C\C/C=C\C/C=C\CCCC(=O)N1CC[C@@H](Cc2ncccc2C(N)=O)C1. The van der Waals surface area contributed by atoms with E-state index in [0.717, 1.165) is 70.2 Å². The molecule has 1 saturated heterocycles. The summed E-state index contributed by atoms with van der Waals surface area (Å²) in [5.74, 6) is 0.105. The smallest absolute Gasteiger partial charge is 0.250 e. The second-order valence-electron chi connectivity index (χ2n) is 9.16. The number of aromatic nitrogens is 1. The lowest BCUT2D eigenvalue weighted by Crippen LogP contribution is -2.28. The summed E-state index contributed by atoms with van der Waals surface area (Å²) >= 11 is 0. The first-order valence-electron chi connectivity index (χ1n) is 13.4. The van der Waals surface area contributed by atoms with Crippen molar-refractivity contribution in [2.24, 2.45) is 11.7 Å². The zero-order chi connectivity index (χ0) is 25.8. The van der Waals surface area contributed by atoms with E-state index in [2.05, 4.69) is 72.7 Å². The van der Waals surface area contributed by atoms with Gasteiger partial charge in [0.15, 0.2) is 0 Å².